The number of tetrazole rings is 1. The van der Waals surface area contributed by atoms with Crippen LogP contribution in [-0.4, -0.2) is 20.0 Å². The molecule has 19 heavy (non-hydrogen) atoms. The molecule has 2 aromatic carbocycles. The first-order valence-corrected chi connectivity index (χ1v) is 6.08. The Morgan fingerprint density at radius 1 is 0.789 bits per heavy atom. The van der Waals surface area contributed by atoms with Crippen molar-refractivity contribution in [2.45, 2.75) is 0 Å². The van der Waals surface area contributed by atoms with Crippen LogP contribution in [0.5, 0.6) is 0 Å². The average Bonchev–Trinajstić information content (AvgIpc) is 2.96. The fourth-order valence-electron chi connectivity index (χ4n) is 2.32. The van der Waals surface area contributed by atoms with E-state index in [2.05, 4.69) is 45.9 Å². The van der Waals surface area contributed by atoms with Gasteiger partial charge in [0.1, 0.15) is 0 Å². The Labute approximate surface area is 109 Å². The van der Waals surface area contributed by atoms with Crippen LogP contribution in [0.1, 0.15) is 0 Å². The number of fused-ring (bicyclic) bond motifs is 3. The summed E-state index contributed by atoms with van der Waals surface area (Å²) in [7, 11) is 0. The van der Waals surface area contributed by atoms with E-state index < -0.39 is 0 Å². The topological polar surface area (TPSA) is 43.1 Å². The van der Waals surface area contributed by atoms with Crippen molar-refractivity contribution in [1.29, 1.82) is 0 Å². The van der Waals surface area contributed by atoms with E-state index in [0.29, 0.717) is 0 Å². The van der Waals surface area contributed by atoms with Crippen LogP contribution in [-0.2, 0) is 0 Å². The van der Waals surface area contributed by atoms with Gasteiger partial charge in [0.2, 0.25) is 0 Å². The van der Waals surface area contributed by atoms with Crippen molar-refractivity contribution in [3.8, 4) is 11.1 Å². The Bertz CT molecular complexity index is 865. The highest BCUT2D eigenvalue weighted by Gasteiger charge is 2.04. The van der Waals surface area contributed by atoms with Crippen LogP contribution >= 0.6 is 0 Å². The first kappa shape index (κ1) is 10.2. The van der Waals surface area contributed by atoms with E-state index in [1.165, 1.54) is 11.1 Å². The third kappa shape index (κ3) is 1.57. The summed E-state index contributed by atoms with van der Waals surface area (Å²) in [5.41, 5.74) is 4.18. The van der Waals surface area contributed by atoms with Crippen LogP contribution in [0.3, 0.4) is 0 Å². The first-order valence-electron chi connectivity index (χ1n) is 6.08. The molecule has 4 rings (SSSR count). The highest BCUT2D eigenvalue weighted by molar-refractivity contribution is 5.86. The van der Waals surface area contributed by atoms with Gasteiger partial charge in [0.15, 0.2) is 5.65 Å². The van der Waals surface area contributed by atoms with Crippen LogP contribution < -0.4 is 0 Å². The summed E-state index contributed by atoms with van der Waals surface area (Å²) >= 11 is 0. The highest BCUT2D eigenvalue weighted by atomic mass is 15.5. The van der Waals surface area contributed by atoms with Crippen molar-refractivity contribution in [1.82, 2.24) is 20.0 Å². The van der Waals surface area contributed by atoms with Gasteiger partial charge in [-0.25, -0.2) is 0 Å². The second-order valence-electron chi connectivity index (χ2n) is 4.42. The van der Waals surface area contributed by atoms with Gasteiger partial charge in [0.05, 0.1) is 5.52 Å². The molecule has 0 spiro atoms. The molecule has 0 saturated heterocycles. The maximum Gasteiger partial charge on any atom is 0.179 e. The Hall–Kier alpha value is -2.75. The highest BCUT2D eigenvalue weighted by Crippen LogP contribution is 2.24. The molecule has 4 aromatic rings. The molecule has 0 aliphatic rings. The van der Waals surface area contributed by atoms with Gasteiger partial charge in [0.25, 0.3) is 0 Å². The quantitative estimate of drug-likeness (QED) is 0.518. The molecule has 90 valence electrons. The van der Waals surface area contributed by atoms with Crippen molar-refractivity contribution in [3.05, 3.63) is 60.7 Å². The zero-order valence-electron chi connectivity index (χ0n) is 10.1. The summed E-state index contributed by atoms with van der Waals surface area (Å²) in [6.45, 7) is 0. The molecule has 0 N–H and O–H groups in total. The lowest BCUT2D eigenvalue weighted by Crippen LogP contribution is -1.90. The lowest BCUT2D eigenvalue weighted by Gasteiger charge is -2.04. The number of rotatable bonds is 1. The maximum absolute atomic E-state index is 4.00. The Kier molecular flexibility index (Phi) is 2.08. The zero-order valence-corrected chi connectivity index (χ0v) is 10.1. The fraction of sp³-hybridized carbons (Fsp3) is 0. The number of pyridine rings is 1. The predicted molar refractivity (Wildman–Crippen MR) is 73.7 cm³/mol. The standard InChI is InChI=1S/C15H10N4/c1-2-4-11(5-3-1)12-6-8-14-13(10-12)7-9-15-16-17-18-19(14)15/h1-10H. The summed E-state index contributed by atoms with van der Waals surface area (Å²) in [6, 6.07) is 20.6. The molecule has 0 saturated carbocycles. The van der Waals surface area contributed by atoms with Gasteiger partial charge in [-0.2, -0.15) is 4.52 Å². The molecule has 0 radical (unpaired) electrons. The second kappa shape index (κ2) is 3.88. The molecule has 0 aliphatic heterocycles. The van der Waals surface area contributed by atoms with Gasteiger partial charge >= 0.3 is 0 Å². The Balaban J connectivity index is 1.99. The third-order valence-electron chi connectivity index (χ3n) is 3.27. The van der Waals surface area contributed by atoms with E-state index in [0.717, 1.165) is 16.6 Å². The molecule has 0 aliphatic carbocycles. The van der Waals surface area contributed by atoms with E-state index >= 15 is 0 Å². The average molecular weight is 246 g/mol. The number of benzene rings is 2. The fourth-order valence-corrected chi connectivity index (χ4v) is 2.32. The predicted octanol–water partition coefficient (Wildman–Crippen LogP) is 2.94. The molecule has 0 atom stereocenters. The van der Waals surface area contributed by atoms with Crippen molar-refractivity contribution in [3.63, 3.8) is 0 Å². The lowest BCUT2D eigenvalue weighted by molar-refractivity contribution is 0.842. The van der Waals surface area contributed by atoms with E-state index in [1.807, 2.05) is 30.3 Å². The largest absolute Gasteiger partial charge is 0.193 e. The number of nitrogens with zero attached hydrogens (tertiary/aromatic N) is 4. The summed E-state index contributed by atoms with van der Waals surface area (Å²) < 4.78 is 1.75. The van der Waals surface area contributed by atoms with Crippen LogP contribution in [0.15, 0.2) is 60.7 Å². The smallest absolute Gasteiger partial charge is 0.179 e. The van der Waals surface area contributed by atoms with Crippen molar-refractivity contribution < 1.29 is 0 Å². The molecule has 0 fully saturated rings. The van der Waals surface area contributed by atoms with Gasteiger partial charge in [-0.05, 0) is 45.8 Å². The molecule has 0 bridgehead atoms. The van der Waals surface area contributed by atoms with Gasteiger partial charge < -0.3 is 0 Å². The minimum Gasteiger partial charge on any atom is -0.193 e. The SMILES string of the molecule is c1ccc(-c2ccc3c(ccc4nnnn43)c2)cc1. The van der Waals surface area contributed by atoms with Gasteiger partial charge in [0, 0.05) is 5.39 Å². The van der Waals surface area contributed by atoms with Crippen molar-refractivity contribution >= 4 is 16.6 Å². The molecule has 0 amide bonds. The Morgan fingerprint density at radius 3 is 2.58 bits per heavy atom. The van der Waals surface area contributed by atoms with E-state index in [1.54, 1.807) is 4.52 Å². The van der Waals surface area contributed by atoms with Crippen LogP contribution in [0.4, 0.5) is 0 Å². The van der Waals surface area contributed by atoms with E-state index in [4.69, 9.17) is 0 Å². The van der Waals surface area contributed by atoms with Crippen LogP contribution in [0.25, 0.3) is 27.7 Å². The third-order valence-corrected chi connectivity index (χ3v) is 3.27. The number of hydrogen-bond acceptors (Lipinski definition) is 3. The molecular formula is C15H10N4. The van der Waals surface area contributed by atoms with Crippen molar-refractivity contribution in [2.75, 3.05) is 0 Å². The monoisotopic (exact) mass is 246 g/mol. The van der Waals surface area contributed by atoms with E-state index in [9.17, 15) is 0 Å². The van der Waals surface area contributed by atoms with Gasteiger partial charge in [-0.15, -0.1) is 5.10 Å². The summed E-state index contributed by atoms with van der Waals surface area (Å²) in [5, 5.41) is 12.8. The maximum atomic E-state index is 4.00. The molecule has 2 heterocycles. The van der Waals surface area contributed by atoms with Gasteiger partial charge in [-0.1, -0.05) is 36.4 Å². The van der Waals surface area contributed by atoms with Crippen LogP contribution in [0.2, 0.25) is 0 Å². The zero-order chi connectivity index (χ0) is 12.7. The van der Waals surface area contributed by atoms with Gasteiger partial charge in [-0.3, -0.25) is 0 Å². The van der Waals surface area contributed by atoms with E-state index in [-0.39, 0.29) is 0 Å². The normalized spacial score (nSPS) is 11.2. The minimum atomic E-state index is 0.764. The van der Waals surface area contributed by atoms with Crippen LogP contribution in [0, 0.1) is 0 Å². The molecule has 0 unspecified atom stereocenters. The van der Waals surface area contributed by atoms with Crippen molar-refractivity contribution in [2.24, 2.45) is 0 Å². The molecule has 4 heteroatoms. The molecular weight excluding hydrogens is 236 g/mol. The number of hydrogen-bond donors (Lipinski definition) is 0. The summed E-state index contributed by atoms with van der Waals surface area (Å²) in [6.07, 6.45) is 0. The summed E-state index contributed by atoms with van der Waals surface area (Å²) in [4.78, 5) is 0. The molecule has 2 aromatic heterocycles. The first-order chi connectivity index (χ1) is 9.42. The Morgan fingerprint density at radius 2 is 1.68 bits per heavy atom. The lowest BCUT2D eigenvalue weighted by atomic mass is 10.0. The summed E-state index contributed by atoms with van der Waals surface area (Å²) in [5.74, 6) is 0. The number of aromatic nitrogens is 4. The molecule has 4 nitrogen and oxygen atoms in total. The minimum absolute atomic E-state index is 0.764. The second-order valence-corrected chi connectivity index (χ2v) is 4.42.